The normalized spacial score (nSPS) is 16.7. The topological polar surface area (TPSA) is 56.9 Å². The third-order valence-electron chi connectivity index (χ3n) is 4.48. The van der Waals surface area contributed by atoms with E-state index >= 15 is 0 Å². The molecule has 0 unspecified atom stereocenters. The first kappa shape index (κ1) is 22.2. The third-order valence-corrected chi connectivity index (χ3v) is 4.48. The van der Waals surface area contributed by atoms with E-state index in [4.69, 9.17) is 5.73 Å². The lowest BCUT2D eigenvalue weighted by molar-refractivity contribution is 0.148. The van der Waals surface area contributed by atoms with Gasteiger partial charge in [-0.3, -0.25) is 4.90 Å². The fourth-order valence-electron chi connectivity index (χ4n) is 2.74. The first-order valence-corrected chi connectivity index (χ1v) is 9.05. The van der Waals surface area contributed by atoms with Crippen LogP contribution in [0.3, 0.4) is 0 Å². The molecule has 1 saturated heterocycles. The number of benzene rings is 1. The van der Waals surface area contributed by atoms with Gasteiger partial charge in [-0.05, 0) is 30.5 Å². The molecule has 1 fully saturated rings. The summed E-state index contributed by atoms with van der Waals surface area (Å²) < 4.78 is 0. The molecule has 1 aromatic carbocycles. The second-order valence-corrected chi connectivity index (χ2v) is 7.21. The number of likely N-dealkylation sites (N-methyl/N-ethyl adjacent to an activating group) is 1. The second-order valence-electron chi connectivity index (χ2n) is 7.21. The molecule has 0 aliphatic carbocycles. The summed E-state index contributed by atoms with van der Waals surface area (Å²) in [5.41, 5.74) is 8.47. The molecule has 3 N–H and O–H groups in total. The van der Waals surface area contributed by atoms with Crippen molar-refractivity contribution in [3.63, 3.8) is 0 Å². The molecular weight excluding hydrogens is 425 g/mol. The molecule has 0 radical (unpaired) electrons. The molecule has 1 heterocycles. The Morgan fingerprint density at radius 1 is 1.12 bits per heavy atom. The molecule has 1 aliphatic rings. The molecule has 0 atom stereocenters. The zero-order chi connectivity index (χ0) is 17.4. The summed E-state index contributed by atoms with van der Waals surface area (Å²) in [6, 6.07) is 8.75. The van der Waals surface area contributed by atoms with Gasteiger partial charge in [-0.15, -0.1) is 24.0 Å². The van der Waals surface area contributed by atoms with Gasteiger partial charge in [-0.25, -0.2) is 4.99 Å². The summed E-state index contributed by atoms with van der Waals surface area (Å²) in [7, 11) is 2.19. The molecule has 0 bridgehead atoms. The lowest BCUT2D eigenvalue weighted by Gasteiger charge is -2.32. The van der Waals surface area contributed by atoms with Gasteiger partial charge in [0.15, 0.2) is 5.96 Å². The van der Waals surface area contributed by atoms with Gasteiger partial charge in [0.05, 0.1) is 6.54 Å². The molecule has 0 saturated carbocycles. The molecule has 142 valence electrons. The number of aliphatic imine (C=N–C) groups is 1. The zero-order valence-corrected chi connectivity index (χ0v) is 18.2. The standard InChI is InChI=1S/C19H33N5.HI/c1-16(2)8-9-21-19(20)22-14-17-4-6-18(7-5-17)15-24-12-10-23(3)11-13-24;/h4-7,16H,8-15H2,1-3H3,(H3,20,21,22);1H. The Hall–Kier alpha value is -0.860. The Balaban J connectivity index is 0.00000312. The van der Waals surface area contributed by atoms with Crippen LogP contribution in [0, 0.1) is 5.92 Å². The molecule has 6 heteroatoms. The van der Waals surface area contributed by atoms with Crippen molar-refractivity contribution in [3.05, 3.63) is 35.4 Å². The lowest BCUT2D eigenvalue weighted by Crippen LogP contribution is -2.43. The van der Waals surface area contributed by atoms with Gasteiger partial charge < -0.3 is 16.0 Å². The minimum absolute atomic E-state index is 0. The van der Waals surface area contributed by atoms with E-state index in [1.807, 2.05) is 0 Å². The van der Waals surface area contributed by atoms with Crippen LogP contribution in [0.2, 0.25) is 0 Å². The van der Waals surface area contributed by atoms with Crippen LogP contribution in [-0.2, 0) is 13.1 Å². The molecule has 0 aromatic heterocycles. The Morgan fingerprint density at radius 2 is 1.72 bits per heavy atom. The van der Waals surface area contributed by atoms with Crippen molar-refractivity contribution >= 4 is 29.9 Å². The maximum atomic E-state index is 5.90. The van der Waals surface area contributed by atoms with E-state index < -0.39 is 0 Å². The van der Waals surface area contributed by atoms with Crippen LogP contribution >= 0.6 is 24.0 Å². The molecule has 2 rings (SSSR count). The molecule has 25 heavy (non-hydrogen) atoms. The predicted molar refractivity (Wildman–Crippen MR) is 117 cm³/mol. The molecule has 1 aromatic rings. The maximum Gasteiger partial charge on any atom is 0.188 e. The highest BCUT2D eigenvalue weighted by atomic mass is 127. The van der Waals surface area contributed by atoms with E-state index in [1.165, 1.54) is 11.1 Å². The van der Waals surface area contributed by atoms with Gasteiger partial charge >= 0.3 is 0 Å². The fourth-order valence-corrected chi connectivity index (χ4v) is 2.74. The summed E-state index contributed by atoms with van der Waals surface area (Å²) >= 11 is 0. The predicted octanol–water partition coefficient (Wildman–Crippen LogP) is 2.50. The van der Waals surface area contributed by atoms with Gasteiger partial charge in [-0.1, -0.05) is 38.1 Å². The maximum absolute atomic E-state index is 5.90. The Bertz CT molecular complexity index is 507. The van der Waals surface area contributed by atoms with Gasteiger partial charge in [0.1, 0.15) is 0 Å². The van der Waals surface area contributed by atoms with Crippen LogP contribution in [0.4, 0.5) is 0 Å². The van der Waals surface area contributed by atoms with Crippen molar-refractivity contribution in [1.82, 2.24) is 15.1 Å². The quantitative estimate of drug-likeness (QED) is 0.374. The summed E-state index contributed by atoms with van der Waals surface area (Å²) in [6.07, 6.45) is 1.11. The highest BCUT2D eigenvalue weighted by Gasteiger charge is 2.13. The van der Waals surface area contributed by atoms with E-state index in [0.29, 0.717) is 18.4 Å². The number of rotatable bonds is 7. The number of piperazine rings is 1. The van der Waals surface area contributed by atoms with Crippen LogP contribution < -0.4 is 11.1 Å². The highest BCUT2D eigenvalue weighted by molar-refractivity contribution is 14.0. The largest absolute Gasteiger partial charge is 0.370 e. The third kappa shape index (κ3) is 8.87. The number of hydrogen-bond acceptors (Lipinski definition) is 3. The lowest BCUT2D eigenvalue weighted by atomic mass is 10.1. The summed E-state index contributed by atoms with van der Waals surface area (Å²) in [6.45, 7) is 11.6. The van der Waals surface area contributed by atoms with E-state index in [1.54, 1.807) is 0 Å². The van der Waals surface area contributed by atoms with Gasteiger partial charge in [-0.2, -0.15) is 0 Å². The summed E-state index contributed by atoms with van der Waals surface area (Å²) in [4.78, 5) is 9.32. The number of nitrogens with one attached hydrogen (secondary N) is 1. The fraction of sp³-hybridized carbons (Fsp3) is 0.632. The van der Waals surface area contributed by atoms with E-state index in [0.717, 1.165) is 45.7 Å². The van der Waals surface area contributed by atoms with Gasteiger partial charge in [0.25, 0.3) is 0 Å². The van der Waals surface area contributed by atoms with Gasteiger partial charge in [0.2, 0.25) is 0 Å². The van der Waals surface area contributed by atoms with E-state index in [9.17, 15) is 0 Å². The zero-order valence-electron chi connectivity index (χ0n) is 15.9. The smallest absolute Gasteiger partial charge is 0.188 e. The minimum Gasteiger partial charge on any atom is -0.370 e. The van der Waals surface area contributed by atoms with E-state index in [-0.39, 0.29) is 24.0 Å². The second kappa shape index (κ2) is 11.7. The first-order chi connectivity index (χ1) is 11.5. The minimum atomic E-state index is 0. The van der Waals surface area contributed by atoms with Gasteiger partial charge in [0, 0.05) is 39.3 Å². The first-order valence-electron chi connectivity index (χ1n) is 9.05. The van der Waals surface area contributed by atoms with Crippen molar-refractivity contribution < 1.29 is 0 Å². The number of halogens is 1. The summed E-state index contributed by atoms with van der Waals surface area (Å²) in [5.74, 6) is 1.22. The number of guanidine groups is 1. The van der Waals surface area contributed by atoms with Crippen LogP contribution in [-0.4, -0.2) is 55.5 Å². The molecule has 0 amide bonds. The van der Waals surface area contributed by atoms with Crippen molar-refractivity contribution in [2.75, 3.05) is 39.8 Å². The highest BCUT2D eigenvalue weighted by Crippen LogP contribution is 2.10. The molecule has 5 nitrogen and oxygen atoms in total. The number of nitrogens with two attached hydrogens (primary N) is 1. The monoisotopic (exact) mass is 459 g/mol. The summed E-state index contributed by atoms with van der Waals surface area (Å²) in [5, 5.41) is 3.17. The number of hydrogen-bond donors (Lipinski definition) is 2. The van der Waals surface area contributed by atoms with Crippen LogP contribution in [0.5, 0.6) is 0 Å². The van der Waals surface area contributed by atoms with Crippen molar-refractivity contribution in [3.8, 4) is 0 Å². The number of nitrogens with zero attached hydrogens (tertiary/aromatic N) is 3. The average Bonchev–Trinajstić information content (AvgIpc) is 2.56. The van der Waals surface area contributed by atoms with E-state index in [2.05, 4.69) is 65.3 Å². The Labute approximate surface area is 170 Å². The Morgan fingerprint density at radius 3 is 2.32 bits per heavy atom. The molecule has 1 aliphatic heterocycles. The average molecular weight is 459 g/mol. The molecular formula is C19H34IN5. The van der Waals surface area contributed by atoms with Crippen LogP contribution in [0.1, 0.15) is 31.4 Å². The van der Waals surface area contributed by atoms with Crippen LogP contribution in [0.25, 0.3) is 0 Å². The molecule has 0 spiro atoms. The van der Waals surface area contributed by atoms with Crippen molar-refractivity contribution in [2.24, 2.45) is 16.6 Å². The van der Waals surface area contributed by atoms with Crippen LogP contribution in [0.15, 0.2) is 29.3 Å². The van der Waals surface area contributed by atoms with Crippen molar-refractivity contribution in [2.45, 2.75) is 33.4 Å². The SMILES string of the molecule is CC(C)CCNC(N)=NCc1ccc(CN2CCN(C)CC2)cc1.I. The van der Waals surface area contributed by atoms with Crippen molar-refractivity contribution in [1.29, 1.82) is 0 Å². The Kier molecular flexibility index (Phi) is 10.4.